The van der Waals surface area contributed by atoms with Gasteiger partial charge in [-0.25, -0.2) is 0 Å². The van der Waals surface area contributed by atoms with Crippen LogP contribution in [0.1, 0.15) is 0 Å². The standard InChI is InChI=1S/C21H18O2S/c1-22-18-10-11-19(23-2)20-17(18)12-16-14-7-5-4-6-13(14)8-9-15(16)21(20)24-3/h4-12H,1-3H3. The highest BCUT2D eigenvalue weighted by Crippen LogP contribution is 2.44. The fourth-order valence-electron chi connectivity index (χ4n) is 3.45. The van der Waals surface area contributed by atoms with Crippen LogP contribution in [0.15, 0.2) is 59.5 Å². The molecule has 0 N–H and O–H groups in total. The Morgan fingerprint density at radius 1 is 0.708 bits per heavy atom. The highest BCUT2D eigenvalue weighted by atomic mass is 32.2. The third-order valence-electron chi connectivity index (χ3n) is 4.54. The van der Waals surface area contributed by atoms with E-state index in [1.165, 1.54) is 26.4 Å². The van der Waals surface area contributed by atoms with E-state index in [1.54, 1.807) is 26.0 Å². The lowest BCUT2D eigenvalue weighted by Gasteiger charge is -2.16. The Morgan fingerprint density at radius 2 is 1.46 bits per heavy atom. The number of benzene rings is 4. The van der Waals surface area contributed by atoms with Crippen LogP contribution in [-0.2, 0) is 0 Å². The van der Waals surface area contributed by atoms with Gasteiger partial charge >= 0.3 is 0 Å². The zero-order valence-electron chi connectivity index (χ0n) is 13.9. The summed E-state index contributed by atoms with van der Waals surface area (Å²) < 4.78 is 11.3. The summed E-state index contributed by atoms with van der Waals surface area (Å²) in [5.74, 6) is 1.75. The smallest absolute Gasteiger partial charge is 0.128 e. The Labute approximate surface area is 145 Å². The van der Waals surface area contributed by atoms with E-state index in [1.807, 2.05) is 12.1 Å². The second kappa shape index (κ2) is 5.91. The molecule has 0 spiro atoms. The van der Waals surface area contributed by atoms with Crippen molar-refractivity contribution >= 4 is 44.1 Å². The van der Waals surface area contributed by atoms with E-state index in [-0.39, 0.29) is 0 Å². The normalized spacial score (nSPS) is 11.3. The van der Waals surface area contributed by atoms with Crippen molar-refractivity contribution in [3.63, 3.8) is 0 Å². The van der Waals surface area contributed by atoms with Crippen LogP contribution >= 0.6 is 11.8 Å². The van der Waals surface area contributed by atoms with Gasteiger partial charge in [0.2, 0.25) is 0 Å². The molecule has 0 radical (unpaired) electrons. The quantitative estimate of drug-likeness (QED) is 0.264. The van der Waals surface area contributed by atoms with E-state index in [9.17, 15) is 0 Å². The largest absolute Gasteiger partial charge is 0.496 e. The Kier molecular flexibility index (Phi) is 3.73. The van der Waals surface area contributed by atoms with Crippen molar-refractivity contribution in [1.82, 2.24) is 0 Å². The summed E-state index contributed by atoms with van der Waals surface area (Å²) in [6.07, 6.45) is 2.11. The first-order valence-electron chi connectivity index (χ1n) is 7.81. The van der Waals surface area contributed by atoms with Crippen LogP contribution in [0.3, 0.4) is 0 Å². The molecule has 0 aliphatic rings. The minimum Gasteiger partial charge on any atom is -0.496 e. The van der Waals surface area contributed by atoms with Gasteiger partial charge in [-0.05, 0) is 46.0 Å². The summed E-state index contributed by atoms with van der Waals surface area (Å²) in [4.78, 5) is 1.23. The molecule has 0 aromatic heterocycles. The SMILES string of the molecule is COc1ccc(OC)c2c(SC)c3ccc4ccccc4c3cc12. The van der Waals surface area contributed by atoms with Crippen molar-refractivity contribution < 1.29 is 9.47 Å². The van der Waals surface area contributed by atoms with E-state index in [0.717, 1.165) is 22.3 Å². The maximum Gasteiger partial charge on any atom is 0.128 e. The van der Waals surface area contributed by atoms with Crippen molar-refractivity contribution in [2.45, 2.75) is 4.90 Å². The van der Waals surface area contributed by atoms with E-state index < -0.39 is 0 Å². The average molecular weight is 334 g/mol. The molecular formula is C21H18O2S. The minimum atomic E-state index is 0.871. The molecule has 0 unspecified atom stereocenters. The van der Waals surface area contributed by atoms with Crippen LogP contribution in [0.2, 0.25) is 0 Å². The Bertz CT molecular complexity index is 1070. The van der Waals surface area contributed by atoms with E-state index in [4.69, 9.17) is 9.47 Å². The van der Waals surface area contributed by atoms with Crippen LogP contribution in [0, 0.1) is 0 Å². The Morgan fingerprint density at radius 3 is 2.21 bits per heavy atom. The van der Waals surface area contributed by atoms with Gasteiger partial charge in [0.1, 0.15) is 11.5 Å². The minimum absolute atomic E-state index is 0.871. The third-order valence-corrected chi connectivity index (χ3v) is 5.37. The molecule has 0 aliphatic heterocycles. The van der Waals surface area contributed by atoms with Gasteiger partial charge in [0.25, 0.3) is 0 Å². The number of rotatable bonds is 3. The Hall–Kier alpha value is -2.39. The highest BCUT2D eigenvalue weighted by Gasteiger charge is 2.16. The predicted molar refractivity (Wildman–Crippen MR) is 104 cm³/mol. The zero-order chi connectivity index (χ0) is 16.7. The summed E-state index contributed by atoms with van der Waals surface area (Å²) in [5.41, 5.74) is 0. The van der Waals surface area contributed by atoms with Gasteiger partial charge in [-0.3, -0.25) is 0 Å². The molecule has 4 aromatic carbocycles. The van der Waals surface area contributed by atoms with Gasteiger partial charge in [-0.2, -0.15) is 0 Å². The van der Waals surface area contributed by atoms with Crippen molar-refractivity contribution in [2.75, 3.05) is 20.5 Å². The summed E-state index contributed by atoms with van der Waals surface area (Å²) in [5, 5.41) is 7.21. The number of methoxy groups -OCH3 is 2. The molecule has 0 heterocycles. The second-order valence-electron chi connectivity index (χ2n) is 5.68. The molecule has 4 aromatic rings. The van der Waals surface area contributed by atoms with Crippen molar-refractivity contribution in [3.05, 3.63) is 54.6 Å². The molecular weight excluding hydrogens is 316 g/mol. The third kappa shape index (κ3) is 2.12. The van der Waals surface area contributed by atoms with Gasteiger partial charge in [0.05, 0.1) is 14.2 Å². The molecule has 4 rings (SSSR count). The molecule has 0 aliphatic carbocycles. The zero-order valence-corrected chi connectivity index (χ0v) is 14.7. The molecule has 0 atom stereocenters. The number of ether oxygens (including phenoxy) is 2. The molecule has 0 fully saturated rings. The molecule has 3 heteroatoms. The van der Waals surface area contributed by atoms with Gasteiger partial charge in [0, 0.05) is 15.7 Å². The average Bonchev–Trinajstić information content (AvgIpc) is 2.65. The van der Waals surface area contributed by atoms with Crippen molar-refractivity contribution in [2.24, 2.45) is 0 Å². The van der Waals surface area contributed by atoms with Crippen LogP contribution in [0.25, 0.3) is 32.3 Å². The first-order chi connectivity index (χ1) is 11.8. The Balaban J connectivity index is 2.29. The maximum absolute atomic E-state index is 5.64. The predicted octanol–water partition coefficient (Wildman–Crippen LogP) is 5.89. The van der Waals surface area contributed by atoms with Crippen LogP contribution in [0.4, 0.5) is 0 Å². The molecule has 0 saturated heterocycles. The van der Waals surface area contributed by atoms with Crippen LogP contribution in [0.5, 0.6) is 11.5 Å². The van der Waals surface area contributed by atoms with Crippen molar-refractivity contribution in [1.29, 1.82) is 0 Å². The molecule has 24 heavy (non-hydrogen) atoms. The lowest BCUT2D eigenvalue weighted by molar-refractivity contribution is 0.410. The fourth-order valence-corrected chi connectivity index (χ4v) is 4.26. The molecule has 0 saturated carbocycles. The van der Waals surface area contributed by atoms with Crippen LogP contribution < -0.4 is 9.47 Å². The lowest BCUT2D eigenvalue weighted by Crippen LogP contribution is -1.92. The maximum atomic E-state index is 5.64. The van der Waals surface area contributed by atoms with E-state index >= 15 is 0 Å². The van der Waals surface area contributed by atoms with Gasteiger partial charge in [0.15, 0.2) is 0 Å². The van der Waals surface area contributed by atoms with Gasteiger partial charge in [-0.1, -0.05) is 36.4 Å². The second-order valence-corrected chi connectivity index (χ2v) is 6.50. The van der Waals surface area contributed by atoms with Crippen molar-refractivity contribution in [3.8, 4) is 11.5 Å². The molecule has 120 valence electrons. The summed E-state index contributed by atoms with van der Waals surface area (Å²) >= 11 is 1.75. The number of hydrogen-bond donors (Lipinski definition) is 0. The summed E-state index contributed by atoms with van der Waals surface area (Å²) in [7, 11) is 3.43. The topological polar surface area (TPSA) is 18.5 Å². The summed E-state index contributed by atoms with van der Waals surface area (Å²) in [6.45, 7) is 0. The molecule has 0 bridgehead atoms. The number of fused-ring (bicyclic) bond motifs is 4. The van der Waals surface area contributed by atoms with E-state index in [2.05, 4.69) is 48.7 Å². The first-order valence-corrected chi connectivity index (χ1v) is 9.04. The molecule has 2 nitrogen and oxygen atoms in total. The number of hydrogen-bond acceptors (Lipinski definition) is 3. The highest BCUT2D eigenvalue weighted by molar-refractivity contribution is 7.99. The fraction of sp³-hybridized carbons (Fsp3) is 0.143. The monoisotopic (exact) mass is 334 g/mol. The van der Waals surface area contributed by atoms with Crippen LogP contribution in [-0.4, -0.2) is 20.5 Å². The summed E-state index contributed by atoms with van der Waals surface area (Å²) in [6, 6.07) is 19.1. The molecule has 0 amide bonds. The number of thioether (sulfide) groups is 1. The van der Waals surface area contributed by atoms with Gasteiger partial charge < -0.3 is 9.47 Å². The van der Waals surface area contributed by atoms with E-state index in [0.29, 0.717) is 0 Å². The van der Waals surface area contributed by atoms with Gasteiger partial charge in [-0.15, -0.1) is 11.8 Å². The lowest BCUT2D eigenvalue weighted by atomic mass is 9.97. The first kappa shape index (κ1) is 15.2.